The summed E-state index contributed by atoms with van der Waals surface area (Å²) >= 11 is 7.43. The zero-order valence-corrected chi connectivity index (χ0v) is 17.8. The summed E-state index contributed by atoms with van der Waals surface area (Å²) in [7, 11) is 0. The maximum atomic E-state index is 13.0. The SMILES string of the molecule is CC1CCN(C(=O)C(C)Sc2nc3cc(Cl)ccc3c(=O)n2C(C)C)CC1. The molecule has 1 aliphatic heterocycles. The van der Waals surface area contributed by atoms with Crippen LogP contribution in [-0.2, 0) is 4.79 Å². The number of hydrogen-bond donors (Lipinski definition) is 0. The van der Waals surface area contributed by atoms with Gasteiger partial charge in [-0.15, -0.1) is 0 Å². The molecule has 1 amide bonds. The van der Waals surface area contributed by atoms with Crippen molar-refractivity contribution in [2.75, 3.05) is 13.1 Å². The van der Waals surface area contributed by atoms with Crippen LogP contribution in [-0.4, -0.2) is 38.7 Å². The van der Waals surface area contributed by atoms with Crippen LogP contribution < -0.4 is 5.56 Å². The van der Waals surface area contributed by atoms with Crippen molar-refractivity contribution >= 4 is 40.2 Å². The Morgan fingerprint density at radius 1 is 1.26 bits per heavy atom. The summed E-state index contributed by atoms with van der Waals surface area (Å²) < 4.78 is 1.67. The van der Waals surface area contributed by atoms with Gasteiger partial charge in [-0.25, -0.2) is 4.98 Å². The highest BCUT2D eigenvalue weighted by atomic mass is 35.5. The van der Waals surface area contributed by atoms with Crippen molar-refractivity contribution < 1.29 is 4.79 Å². The molecule has 0 bridgehead atoms. The number of rotatable bonds is 4. The predicted molar refractivity (Wildman–Crippen MR) is 112 cm³/mol. The summed E-state index contributed by atoms with van der Waals surface area (Å²) in [6, 6.07) is 5.06. The van der Waals surface area contributed by atoms with Crippen molar-refractivity contribution in [1.29, 1.82) is 0 Å². The molecule has 5 nitrogen and oxygen atoms in total. The summed E-state index contributed by atoms with van der Waals surface area (Å²) in [4.78, 5) is 32.4. The van der Waals surface area contributed by atoms with Crippen LogP contribution in [0.25, 0.3) is 10.9 Å². The Balaban J connectivity index is 1.92. The number of amides is 1. The highest BCUT2D eigenvalue weighted by molar-refractivity contribution is 8.00. The molecule has 1 saturated heterocycles. The van der Waals surface area contributed by atoms with Crippen molar-refractivity contribution in [1.82, 2.24) is 14.5 Å². The van der Waals surface area contributed by atoms with E-state index >= 15 is 0 Å². The van der Waals surface area contributed by atoms with Gasteiger partial charge < -0.3 is 4.90 Å². The van der Waals surface area contributed by atoms with E-state index in [0.717, 1.165) is 25.9 Å². The van der Waals surface area contributed by atoms with E-state index in [1.807, 2.05) is 25.7 Å². The van der Waals surface area contributed by atoms with Crippen LogP contribution in [0.15, 0.2) is 28.2 Å². The Kier molecular flexibility index (Phi) is 6.16. The van der Waals surface area contributed by atoms with E-state index in [0.29, 0.717) is 27.0 Å². The zero-order valence-electron chi connectivity index (χ0n) is 16.2. The number of likely N-dealkylation sites (tertiary alicyclic amines) is 1. The van der Waals surface area contributed by atoms with Gasteiger partial charge in [0.05, 0.1) is 16.2 Å². The molecule has 1 unspecified atom stereocenters. The Morgan fingerprint density at radius 2 is 1.93 bits per heavy atom. The molecule has 0 N–H and O–H groups in total. The van der Waals surface area contributed by atoms with E-state index < -0.39 is 0 Å². The summed E-state index contributed by atoms with van der Waals surface area (Å²) in [5, 5.41) is 1.35. The number of nitrogens with zero attached hydrogens (tertiary/aromatic N) is 3. The number of halogens is 1. The van der Waals surface area contributed by atoms with Gasteiger partial charge in [0.25, 0.3) is 5.56 Å². The van der Waals surface area contributed by atoms with Gasteiger partial charge in [0.2, 0.25) is 5.91 Å². The molecule has 0 spiro atoms. The molecule has 0 radical (unpaired) electrons. The molecule has 1 fully saturated rings. The molecule has 1 atom stereocenters. The molecule has 0 aliphatic carbocycles. The topological polar surface area (TPSA) is 55.2 Å². The van der Waals surface area contributed by atoms with E-state index in [-0.39, 0.29) is 22.8 Å². The lowest BCUT2D eigenvalue weighted by Gasteiger charge is -2.32. The first-order valence-corrected chi connectivity index (χ1v) is 10.7. The highest BCUT2D eigenvalue weighted by Crippen LogP contribution is 2.28. The van der Waals surface area contributed by atoms with Gasteiger partial charge in [-0.2, -0.15) is 0 Å². The fraction of sp³-hybridized carbons (Fsp3) is 0.550. The van der Waals surface area contributed by atoms with Gasteiger partial charge in [-0.1, -0.05) is 30.3 Å². The Labute approximate surface area is 169 Å². The number of piperidine rings is 1. The Morgan fingerprint density at radius 3 is 2.56 bits per heavy atom. The second kappa shape index (κ2) is 8.23. The zero-order chi connectivity index (χ0) is 19.7. The maximum Gasteiger partial charge on any atom is 0.262 e. The average Bonchev–Trinajstić information content (AvgIpc) is 2.61. The monoisotopic (exact) mass is 407 g/mol. The molecule has 1 aliphatic rings. The van der Waals surface area contributed by atoms with Crippen LogP contribution >= 0.6 is 23.4 Å². The van der Waals surface area contributed by atoms with E-state index in [2.05, 4.69) is 11.9 Å². The predicted octanol–water partition coefficient (Wildman–Crippen LogP) is 4.37. The molecule has 27 heavy (non-hydrogen) atoms. The smallest absolute Gasteiger partial charge is 0.262 e. The number of carbonyl (C=O) groups excluding carboxylic acids is 1. The molecule has 1 aromatic heterocycles. The fourth-order valence-corrected chi connectivity index (χ4v) is 4.68. The Hall–Kier alpha value is -1.53. The minimum Gasteiger partial charge on any atom is -0.342 e. The first-order valence-electron chi connectivity index (χ1n) is 9.45. The van der Waals surface area contributed by atoms with Gasteiger partial charge in [0.15, 0.2) is 5.16 Å². The summed E-state index contributed by atoms with van der Waals surface area (Å²) in [6.07, 6.45) is 2.10. The quantitative estimate of drug-likeness (QED) is 0.557. The van der Waals surface area contributed by atoms with Crippen molar-refractivity contribution in [3.63, 3.8) is 0 Å². The summed E-state index contributed by atoms with van der Waals surface area (Å²) in [5.74, 6) is 0.790. The van der Waals surface area contributed by atoms with Gasteiger partial charge in [0.1, 0.15) is 0 Å². The number of benzene rings is 1. The normalized spacial score (nSPS) is 16.9. The molecule has 7 heteroatoms. The lowest BCUT2D eigenvalue weighted by molar-refractivity contribution is -0.131. The van der Waals surface area contributed by atoms with Crippen molar-refractivity contribution in [2.24, 2.45) is 5.92 Å². The molecule has 2 aromatic rings. The summed E-state index contributed by atoms with van der Waals surface area (Å²) in [5.41, 5.74) is 0.471. The molecule has 2 heterocycles. The average molecular weight is 408 g/mol. The summed E-state index contributed by atoms with van der Waals surface area (Å²) in [6.45, 7) is 9.64. The van der Waals surface area contributed by atoms with E-state index in [4.69, 9.17) is 11.6 Å². The number of thioether (sulfide) groups is 1. The molecular formula is C20H26ClN3O2S. The third-order valence-electron chi connectivity index (χ3n) is 5.07. The first kappa shape index (κ1) is 20.2. The van der Waals surface area contributed by atoms with Crippen molar-refractivity contribution in [3.05, 3.63) is 33.6 Å². The van der Waals surface area contributed by atoms with Gasteiger partial charge in [0, 0.05) is 24.2 Å². The third-order valence-corrected chi connectivity index (χ3v) is 6.36. The molecule has 1 aromatic carbocycles. The minimum atomic E-state index is -0.299. The van der Waals surface area contributed by atoms with Crippen LogP contribution in [0.3, 0.4) is 0 Å². The maximum absolute atomic E-state index is 13.0. The third kappa shape index (κ3) is 4.32. The van der Waals surface area contributed by atoms with Crippen LogP contribution in [0, 0.1) is 5.92 Å². The lowest BCUT2D eigenvalue weighted by atomic mass is 9.99. The second-order valence-electron chi connectivity index (χ2n) is 7.59. The number of aromatic nitrogens is 2. The number of hydrogen-bond acceptors (Lipinski definition) is 4. The standard InChI is InChI=1S/C20H26ClN3O2S/c1-12(2)24-19(26)16-6-5-15(21)11-17(16)22-20(24)27-14(4)18(25)23-9-7-13(3)8-10-23/h5-6,11-14H,7-10H2,1-4H3. The van der Waals surface area contributed by atoms with Gasteiger partial charge >= 0.3 is 0 Å². The fourth-order valence-electron chi connectivity index (χ4n) is 3.38. The van der Waals surface area contributed by atoms with Gasteiger partial charge in [-0.3, -0.25) is 14.2 Å². The highest BCUT2D eigenvalue weighted by Gasteiger charge is 2.27. The van der Waals surface area contributed by atoms with Crippen LogP contribution in [0.5, 0.6) is 0 Å². The lowest BCUT2D eigenvalue weighted by Crippen LogP contribution is -2.42. The molecule has 3 rings (SSSR count). The minimum absolute atomic E-state index is 0.0503. The largest absolute Gasteiger partial charge is 0.342 e. The Bertz CT molecular complexity index is 904. The van der Waals surface area contributed by atoms with E-state index in [1.165, 1.54) is 11.8 Å². The van der Waals surface area contributed by atoms with Gasteiger partial charge in [-0.05, 0) is 57.7 Å². The van der Waals surface area contributed by atoms with Crippen LogP contribution in [0.1, 0.15) is 46.6 Å². The molecule has 146 valence electrons. The van der Waals surface area contributed by atoms with Crippen LogP contribution in [0.2, 0.25) is 5.02 Å². The second-order valence-corrected chi connectivity index (χ2v) is 9.34. The number of carbonyl (C=O) groups is 1. The molecular weight excluding hydrogens is 382 g/mol. The van der Waals surface area contributed by atoms with E-state index in [1.54, 1.807) is 22.8 Å². The molecule has 0 saturated carbocycles. The van der Waals surface area contributed by atoms with E-state index in [9.17, 15) is 9.59 Å². The number of fused-ring (bicyclic) bond motifs is 1. The van der Waals surface area contributed by atoms with Crippen molar-refractivity contribution in [2.45, 2.75) is 57.0 Å². The first-order chi connectivity index (χ1) is 12.8. The van der Waals surface area contributed by atoms with Crippen molar-refractivity contribution in [3.8, 4) is 0 Å². The van der Waals surface area contributed by atoms with Crippen LogP contribution in [0.4, 0.5) is 0 Å².